The summed E-state index contributed by atoms with van der Waals surface area (Å²) in [7, 11) is 0. The summed E-state index contributed by atoms with van der Waals surface area (Å²) in [6, 6.07) is 24.2. The maximum absolute atomic E-state index is 12.7. The third kappa shape index (κ3) is 5.24. The molecule has 154 valence electrons. The van der Waals surface area contributed by atoms with Gasteiger partial charge < -0.3 is 14.8 Å². The van der Waals surface area contributed by atoms with Crippen molar-refractivity contribution in [2.24, 2.45) is 0 Å². The molecule has 0 radical (unpaired) electrons. The molecule has 1 saturated heterocycles. The van der Waals surface area contributed by atoms with E-state index in [4.69, 9.17) is 9.47 Å². The molecule has 30 heavy (non-hydrogen) atoms. The monoisotopic (exact) mass is 402 g/mol. The van der Waals surface area contributed by atoms with Gasteiger partial charge in [0.05, 0.1) is 13.2 Å². The summed E-state index contributed by atoms with van der Waals surface area (Å²) in [5, 5.41) is 3.04. The number of nitrogens with zero attached hydrogens (tertiary/aromatic N) is 1. The van der Waals surface area contributed by atoms with Crippen molar-refractivity contribution in [2.45, 2.75) is 24.9 Å². The van der Waals surface area contributed by atoms with Crippen molar-refractivity contribution < 1.29 is 14.3 Å². The molecule has 2 aromatic carbocycles. The molecule has 1 unspecified atom stereocenters. The topological polar surface area (TPSA) is 60.5 Å². The second-order valence-electron chi connectivity index (χ2n) is 7.40. The number of nitrogens with one attached hydrogen (secondary N) is 1. The molecule has 1 aromatic heterocycles. The summed E-state index contributed by atoms with van der Waals surface area (Å²) in [5.41, 5.74) is 3.04. The first-order valence-corrected chi connectivity index (χ1v) is 10.4. The number of rotatable bonds is 8. The van der Waals surface area contributed by atoms with Crippen LogP contribution in [0.5, 0.6) is 5.88 Å². The van der Waals surface area contributed by atoms with E-state index in [0.717, 1.165) is 12.8 Å². The fourth-order valence-corrected chi connectivity index (χ4v) is 3.72. The first-order valence-electron chi connectivity index (χ1n) is 10.4. The van der Waals surface area contributed by atoms with Gasteiger partial charge in [0.25, 0.3) is 5.91 Å². The van der Waals surface area contributed by atoms with Crippen molar-refractivity contribution >= 4 is 5.91 Å². The Morgan fingerprint density at radius 3 is 2.40 bits per heavy atom. The lowest BCUT2D eigenvalue weighted by atomic mass is 9.88. The number of benzene rings is 2. The summed E-state index contributed by atoms with van der Waals surface area (Å²) >= 11 is 0. The maximum atomic E-state index is 12.7. The Morgan fingerprint density at radius 1 is 1.07 bits per heavy atom. The number of carbonyl (C=O) groups is 1. The minimum Gasteiger partial charge on any atom is -0.472 e. The molecule has 1 aliphatic rings. The average Bonchev–Trinajstić information content (AvgIpc) is 3.31. The number of hydrogen-bond acceptors (Lipinski definition) is 4. The van der Waals surface area contributed by atoms with Gasteiger partial charge in [-0.15, -0.1) is 0 Å². The van der Waals surface area contributed by atoms with Crippen molar-refractivity contribution in [3.05, 3.63) is 95.7 Å². The number of pyridine rings is 1. The highest BCUT2D eigenvalue weighted by molar-refractivity contribution is 5.94. The molecular formula is C25H26N2O3. The Morgan fingerprint density at radius 2 is 1.77 bits per heavy atom. The second kappa shape index (κ2) is 10.0. The van der Waals surface area contributed by atoms with Crippen LogP contribution < -0.4 is 10.1 Å². The van der Waals surface area contributed by atoms with Gasteiger partial charge in [-0.3, -0.25) is 4.79 Å². The summed E-state index contributed by atoms with van der Waals surface area (Å²) in [6.07, 6.45) is 3.27. The quantitative estimate of drug-likeness (QED) is 0.613. The number of hydrogen-bond donors (Lipinski definition) is 1. The molecule has 0 bridgehead atoms. The number of aromatic nitrogens is 1. The van der Waals surface area contributed by atoms with Crippen LogP contribution in [0.3, 0.4) is 0 Å². The van der Waals surface area contributed by atoms with Crippen molar-refractivity contribution in [1.29, 1.82) is 0 Å². The predicted molar refractivity (Wildman–Crippen MR) is 116 cm³/mol. The fraction of sp³-hybridized carbons (Fsp3) is 0.280. The van der Waals surface area contributed by atoms with Gasteiger partial charge in [-0.2, -0.15) is 0 Å². The Hall–Kier alpha value is -3.18. The number of carbonyl (C=O) groups excluding carboxylic acids is 1. The van der Waals surface area contributed by atoms with Crippen LogP contribution in [-0.2, 0) is 4.74 Å². The van der Waals surface area contributed by atoms with E-state index in [0.29, 0.717) is 31.2 Å². The SMILES string of the molecule is O=C(NCCC(c1ccccc1)c1ccccc1)c1ccnc(OC2CCOC2)c1. The van der Waals surface area contributed by atoms with Crippen LogP contribution in [0.15, 0.2) is 79.0 Å². The van der Waals surface area contributed by atoms with Gasteiger partial charge in [-0.05, 0) is 23.6 Å². The molecular weight excluding hydrogens is 376 g/mol. The molecule has 0 spiro atoms. The lowest BCUT2D eigenvalue weighted by Gasteiger charge is -2.18. The van der Waals surface area contributed by atoms with Crippen LogP contribution in [-0.4, -0.2) is 36.8 Å². The number of ether oxygens (including phenoxy) is 2. The summed E-state index contributed by atoms with van der Waals surface area (Å²) in [5.74, 6) is 0.570. The first kappa shape index (κ1) is 20.1. The zero-order valence-corrected chi connectivity index (χ0v) is 16.9. The largest absolute Gasteiger partial charge is 0.472 e. The third-order valence-corrected chi connectivity index (χ3v) is 5.29. The Balaban J connectivity index is 1.38. The van der Waals surface area contributed by atoms with Crippen molar-refractivity contribution in [3.63, 3.8) is 0 Å². The third-order valence-electron chi connectivity index (χ3n) is 5.29. The van der Waals surface area contributed by atoms with Crippen LogP contribution in [0.1, 0.15) is 40.2 Å². The van der Waals surface area contributed by atoms with E-state index < -0.39 is 0 Å². The van der Waals surface area contributed by atoms with E-state index >= 15 is 0 Å². The summed E-state index contributed by atoms with van der Waals surface area (Å²) < 4.78 is 11.1. The summed E-state index contributed by atoms with van der Waals surface area (Å²) in [6.45, 7) is 1.84. The zero-order chi connectivity index (χ0) is 20.6. The highest BCUT2D eigenvalue weighted by Crippen LogP contribution is 2.27. The minimum atomic E-state index is -0.121. The van der Waals surface area contributed by atoms with Crippen molar-refractivity contribution in [2.75, 3.05) is 19.8 Å². The second-order valence-corrected chi connectivity index (χ2v) is 7.40. The van der Waals surface area contributed by atoms with Gasteiger partial charge in [0.2, 0.25) is 5.88 Å². The normalized spacial score (nSPS) is 15.8. The molecule has 2 heterocycles. The van der Waals surface area contributed by atoms with Gasteiger partial charge in [-0.1, -0.05) is 60.7 Å². The van der Waals surface area contributed by atoms with E-state index in [-0.39, 0.29) is 17.9 Å². The zero-order valence-electron chi connectivity index (χ0n) is 16.9. The molecule has 3 aromatic rings. The van der Waals surface area contributed by atoms with E-state index in [9.17, 15) is 4.79 Å². The first-order chi connectivity index (χ1) is 14.8. The van der Waals surface area contributed by atoms with Crippen LogP contribution in [0.4, 0.5) is 0 Å². The molecule has 5 heteroatoms. The molecule has 4 rings (SSSR count). The maximum Gasteiger partial charge on any atom is 0.251 e. The Labute approximate surface area is 177 Å². The Kier molecular flexibility index (Phi) is 6.72. The van der Waals surface area contributed by atoms with Gasteiger partial charge in [0, 0.05) is 36.7 Å². The molecule has 1 aliphatic heterocycles. The van der Waals surface area contributed by atoms with Crippen molar-refractivity contribution in [3.8, 4) is 5.88 Å². The molecule has 1 N–H and O–H groups in total. The van der Waals surface area contributed by atoms with Gasteiger partial charge in [0.1, 0.15) is 6.10 Å². The van der Waals surface area contributed by atoms with Crippen LogP contribution in [0.2, 0.25) is 0 Å². The number of amides is 1. The standard InChI is InChI=1S/C25H26N2O3/c28-25(21-11-14-26-24(17-21)30-22-13-16-29-18-22)27-15-12-23(19-7-3-1-4-8-19)20-9-5-2-6-10-20/h1-11,14,17,22-23H,12-13,15-16,18H2,(H,27,28). The fourth-order valence-electron chi connectivity index (χ4n) is 3.72. The van der Waals surface area contributed by atoms with Crippen LogP contribution in [0.25, 0.3) is 0 Å². The van der Waals surface area contributed by atoms with Gasteiger partial charge >= 0.3 is 0 Å². The smallest absolute Gasteiger partial charge is 0.251 e. The van der Waals surface area contributed by atoms with Crippen molar-refractivity contribution in [1.82, 2.24) is 10.3 Å². The van der Waals surface area contributed by atoms with E-state index in [2.05, 4.69) is 58.8 Å². The average molecular weight is 402 g/mol. The lowest BCUT2D eigenvalue weighted by Crippen LogP contribution is -2.26. The highest BCUT2D eigenvalue weighted by Gasteiger charge is 2.19. The summed E-state index contributed by atoms with van der Waals surface area (Å²) in [4.78, 5) is 16.9. The Bertz CT molecular complexity index is 901. The van der Waals surface area contributed by atoms with E-state index in [1.54, 1.807) is 18.3 Å². The predicted octanol–water partition coefficient (Wildman–Crippen LogP) is 4.20. The highest BCUT2D eigenvalue weighted by atomic mass is 16.5. The van der Waals surface area contributed by atoms with Crippen LogP contribution >= 0.6 is 0 Å². The molecule has 0 aliphatic carbocycles. The molecule has 0 saturated carbocycles. The van der Waals surface area contributed by atoms with Gasteiger partial charge in [-0.25, -0.2) is 4.98 Å². The lowest BCUT2D eigenvalue weighted by molar-refractivity contribution is 0.0951. The van der Waals surface area contributed by atoms with Crippen LogP contribution in [0, 0.1) is 0 Å². The molecule has 1 amide bonds. The molecule has 1 fully saturated rings. The van der Waals surface area contributed by atoms with E-state index in [1.165, 1.54) is 11.1 Å². The van der Waals surface area contributed by atoms with Gasteiger partial charge in [0.15, 0.2) is 0 Å². The molecule has 5 nitrogen and oxygen atoms in total. The molecule has 1 atom stereocenters. The minimum absolute atomic E-state index is 0.00770. The van der Waals surface area contributed by atoms with E-state index in [1.807, 2.05) is 12.1 Å².